The summed E-state index contributed by atoms with van der Waals surface area (Å²) in [6.07, 6.45) is 11.6. The Hall–Kier alpha value is -2.01. The van der Waals surface area contributed by atoms with Gasteiger partial charge in [0.1, 0.15) is 0 Å². The van der Waals surface area contributed by atoms with Gasteiger partial charge in [0, 0.05) is 0 Å². The van der Waals surface area contributed by atoms with Crippen LogP contribution in [0.4, 0.5) is 13.2 Å². The molecule has 0 N–H and O–H groups in total. The number of unbranched alkanes of at least 4 members (excludes halogenated alkanes) is 3. The molecule has 0 aliphatic heterocycles. The first-order valence-corrected chi connectivity index (χ1v) is 14.5. The zero-order chi connectivity index (χ0) is 26.2. The van der Waals surface area contributed by atoms with Crippen LogP contribution in [0.3, 0.4) is 0 Å². The van der Waals surface area contributed by atoms with Crippen LogP contribution in [0.1, 0.15) is 119 Å². The second-order valence-corrected chi connectivity index (χ2v) is 11.3. The van der Waals surface area contributed by atoms with Gasteiger partial charge in [-0.15, -0.1) is 0 Å². The van der Waals surface area contributed by atoms with Crippen molar-refractivity contribution in [1.29, 1.82) is 0 Å². The molecular weight excluding hydrogens is 473 g/mol. The second-order valence-electron chi connectivity index (χ2n) is 11.3. The summed E-state index contributed by atoms with van der Waals surface area (Å²) in [6.45, 7) is 5.25. The zero-order valence-electron chi connectivity index (χ0n) is 22.5. The molecule has 0 unspecified atom stereocenters. The molecular formula is C32H43F3O2. The Kier molecular flexibility index (Phi) is 10.4. The van der Waals surface area contributed by atoms with Gasteiger partial charge in [0.2, 0.25) is 0 Å². The predicted octanol–water partition coefficient (Wildman–Crippen LogP) is 9.60. The van der Waals surface area contributed by atoms with Crippen molar-refractivity contribution in [1.82, 2.24) is 0 Å². The maximum absolute atomic E-state index is 15.1. The fraction of sp³-hybridized carbons (Fsp3) is 0.625. The maximum atomic E-state index is 15.1. The average Bonchev–Trinajstić information content (AvgIpc) is 2.91. The average molecular weight is 517 g/mol. The van der Waals surface area contributed by atoms with Crippen LogP contribution in [0.25, 0.3) is 0 Å². The van der Waals surface area contributed by atoms with E-state index in [4.69, 9.17) is 9.47 Å². The van der Waals surface area contributed by atoms with E-state index in [-0.39, 0.29) is 23.8 Å². The number of benzene rings is 2. The van der Waals surface area contributed by atoms with Crippen LogP contribution >= 0.6 is 0 Å². The van der Waals surface area contributed by atoms with E-state index in [2.05, 4.69) is 13.8 Å². The lowest BCUT2D eigenvalue weighted by atomic mass is 9.77. The number of hydrogen-bond donors (Lipinski definition) is 0. The third-order valence-electron chi connectivity index (χ3n) is 8.45. The molecule has 4 rings (SSSR count). The van der Waals surface area contributed by atoms with E-state index in [0.29, 0.717) is 36.0 Å². The van der Waals surface area contributed by atoms with E-state index in [9.17, 15) is 4.39 Å². The van der Waals surface area contributed by atoms with Gasteiger partial charge in [-0.05, 0) is 91.5 Å². The molecule has 0 aromatic heterocycles. The highest BCUT2D eigenvalue weighted by Gasteiger charge is 2.29. The standard InChI is InChI=1S/C32H43F3O2/c1-3-4-5-6-19-36-30-18-9-23(20-29(30)33)21-37-26-14-12-25(13-15-26)28-17-16-27(31(34)32(28)35)24-10-7-22(2)8-11-24/h9,16-18,20,22,24-26H,3-8,10-15,19,21H2,1-2H3. The number of halogens is 3. The van der Waals surface area contributed by atoms with Gasteiger partial charge < -0.3 is 9.47 Å². The van der Waals surface area contributed by atoms with E-state index in [1.807, 2.05) is 18.2 Å². The van der Waals surface area contributed by atoms with E-state index in [1.54, 1.807) is 6.07 Å². The van der Waals surface area contributed by atoms with E-state index in [0.717, 1.165) is 76.2 Å². The predicted molar refractivity (Wildman–Crippen MR) is 143 cm³/mol. The molecule has 0 bridgehead atoms. The van der Waals surface area contributed by atoms with Gasteiger partial charge >= 0.3 is 0 Å². The molecule has 2 aromatic rings. The minimum absolute atomic E-state index is 0.0148. The fourth-order valence-corrected chi connectivity index (χ4v) is 6.00. The summed E-state index contributed by atoms with van der Waals surface area (Å²) in [5, 5.41) is 0. The fourth-order valence-electron chi connectivity index (χ4n) is 6.00. The molecule has 2 aromatic carbocycles. The minimum atomic E-state index is -0.649. The number of hydrogen-bond acceptors (Lipinski definition) is 2. The van der Waals surface area contributed by atoms with Gasteiger partial charge in [-0.2, -0.15) is 0 Å². The lowest BCUT2D eigenvalue weighted by Crippen LogP contribution is -2.22. The highest BCUT2D eigenvalue weighted by Crippen LogP contribution is 2.40. The summed E-state index contributed by atoms with van der Waals surface area (Å²) in [5.74, 6) is -0.517. The Labute approximate surface area is 220 Å². The first-order valence-electron chi connectivity index (χ1n) is 14.5. The van der Waals surface area contributed by atoms with Gasteiger partial charge in [-0.3, -0.25) is 0 Å². The molecule has 2 saturated carbocycles. The van der Waals surface area contributed by atoms with Gasteiger partial charge in [0.15, 0.2) is 23.2 Å². The largest absolute Gasteiger partial charge is 0.491 e. The second kappa shape index (κ2) is 13.7. The summed E-state index contributed by atoms with van der Waals surface area (Å²) < 4.78 is 56.2. The summed E-state index contributed by atoms with van der Waals surface area (Å²) >= 11 is 0. The van der Waals surface area contributed by atoms with Crippen molar-refractivity contribution >= 4 is 0 Å². The quantitative estimate of drug-likeness (QED) is 0.277. The molecule has 2 nitrogen and oxygen atoms in total. The Morgan fingerprint density at radius 3 is 1.97 bits per heavy atom. The molecule has 0 saturated heterocycles. The molecule has 2 aliphatic rings. The van der Waals surface area contributed by atoms with Crippen molar-refractivity contribution in [3.8, 4) is 5.75 Å². The van der Waals surface area contributed by atoms with Crippen LogP contribution in [-0.2, 0) is 11.3 Å². The maximum Gasteiger partial charge on any atom is 0.165 e. The molecule has 0 heterocycles. The van der Waals surface area contributed by atoms with Crippen molar-refractivity contribution < 1.29 is 22.6 Å². The molecule has 0 amide bonds. The summed E-state index contributed by atoms with van der Waals surface area (Å²) in [4.78, 5) is 0. The van der Waals surface area contributed by atoms with Crippen LogP contribution in [-0.4, -0.2) is 12.7 Å². The van der Waals surface area contributed by atoms with Crippen LogP contribution in [0.5, 0.6) is 5.75 Å². The molecule has 37 heavy (non-hydrogen) atoms. The molecule has 2 aliphatic carbocycles. The Balaban J connectivity index is 1.24. The van der Waals surface area contributed by atoms with Gasteiger partial charge in [0.25, 0.3) is 0 Å². The van der Waals surface area contributed by atoms with Crippen molar-refractivity contribution in [2.75, 3.05) is 6.61 Å². The van der Waals surface area contributed by atoms with Gasteiger partial charge in [0.05, 0.1) is 19.3 Å². The molecule has 0 spiro atoms. The Morgan fingerprint density at radius 2 is 1.38 bits per heavy atom. The number of rotatable bonds is 11. The minimum Gasteiger partial charge on any atom is -0.491 e. The normalized spacial score (nSPS) is 24.2. The topological polar surface area (TPSA) is 18.5 Å². The summed E-state index contributed by atoms with van der Waals surface area (Å²) in [6, 6.07) is 8.68. The number of ether oxygens (including phenoxy) is 2. The van der Waals surface area contributed by atoms with Crippen molar-refractivity contribution in [3.05, 3.63) is 64.5 Å². The molecule has 2 fully saturated rings. The summed E-state index contributed by atoms with van der Waals surface area (Å²) in [7, 11) is 0. The van der Waals surface area contributed by atoms with Crippen LogP contribution in [0, 0.1) is 23.4 Å². The van der Waals surface area contributed by atoms with Crippen LogP contribution in [0.15, 0.2) is 30.3 Å². The first kappa shape index (κ1) is 28.0. The Morgan fingerprint density at radius 1 is 0.757 bits per heavy atom. The molecule has 204 valence electrons. The van der Waals surface area contributed by atoms with Crippen molar-refractivity contribution in [3.63, 3.8) is 0 Å². The highest BCUT2D eigenvalue weighted by molar-refractivity contribution is 5.32. The SMILES string of the molecule is CCCCCCOc1ccc(COC2CCC(c3ccc(C4CCC(C)CC4)c(F)c3F)CC2)cc1F. The summed E-state index contributed by atoms with van der Waals surface area (Å²) in [5.41, 5.74) is 1.85. The van der Waals surface area contributed by atoms with E-state index < -0.39 is 11.6 Å². The molecule has 0 atom stereocenters. The monoisotopic (exact) mass is 516 g/mol. The smallest absolute Gasteiger partial charge is 0.165 e. The molecule has 0 radical (unpaired) electrons. The molecule has 5 heteroatoms. The van der Waals surface area contributed by atoms with Gasteiger partial charge in [-0.1, -0.05) is 64.2 Å². The lowest BCUT2D eigenvalue weighted by molar-refractivity contribution is 0.0130. The van der Waals surface area contributed by atoms with E-state index in [1.165, 1.54) is 12.5 Å². The van der Waals surface area contributed by atoms with Crippen molar-refractivity contribution in [2.24, 2.45) is 5.92 Å². The zero-order valence-corrected chi connectivity index (χ0v) is 22.5. The lowest BCUT2D eigenvalue weighted by Gasteiger charge is -2.30. The highest BCUT2D eigenvalue weighted by atomic mass is 19.2. The van der Waals surface area contributed by atoms with E-state index >= 15 is 8.78 Å². The first-order chi connectivity index (χ1) is 18.0. The van der Waals surface area contributed by atoms with Gasteiger partial charge in [-0.25, -0.2) is 13.2 Å². The van der Waals surface area contributed by atoms with Crippen LogP contribution in [0.2, 0.25) is 0 Å². The third-order valence-corrected chi connectivity index (χ3v) is 8.45. The van der Waals surface area contributed by atoms with Crippen LogP contribution < -0.4 is 4.74 Å². The Bertz CT molecular complexity index is 992. The van der Waals surface area contributed by atoms with Crippen molar-refractivity contribution in [2.45, 2.75) is 115 Å². The third kappa shape index (κ3) is 7.52.